The maximum Gasteiger partial charge on any atom is 0.234 e. The van der Waals surface area contributed by atoms with E-state index >= 15 is 0 Å². The molecule has 12 heavy (non-hydrogen) atoms. The van der Waals surface area contributed by atoms with Gasteiger partial charge in [-0.05, 0) is 11.6 Å². The van der Waals surface area contributed by atoms with E-state index in [4.69, 9.17) is 21.8 Å². The van der Waals surface area contributed by atoms with Crippen molar-refractivity contribution in [2.24, 2.45) is 0 Å². The van der Waals surface area contributed by atoms with Crippen molar-refractivity contribution in [3.8, 4) is 0 Å². The molecule has 0 aromatic carbocycles. The van der Waals surface area contributed by atoms with Crippen LogP contribution in [0.25, 0.3) is 0 Å². The number of aliphatic hydroxyl groups excluding tert-OH is 2. The summed E-state index contributed by atoms with van der Waals surface area (Å²) >= 11 is 5.42. The molecular weight excluding hydrogens is 184 g/mol. The van der Waals surface area contributed by atoms with Crippen LogP contribution in [0.5, 0.6) is 0 Å². The van der Waals surface area contributed by atoms with Gasteiger partial charge in [-0.3, -0.25) is 4.90 Å². The fraction of sp³-hybridized carbons (Fsp3) is 0.400. The van der Waals surface area contributed by atoms with E-state index in [1.165, 1.54) is 0 Å². The molecule has 0 unspecified atom stereocenters. The predicted molar refractivity (Wildman–Crippen MR) is 40.3 cm³/mol. The van der Waals surface area contributed by atoms with Crippen LogP contribution in [0.4, 0.5) is 5.95 Å². The van der Waals surface area contributed by atoms with Crippen molar-refractivity contribution in [1.82, 2.24) is 15.0 Å². The molecule has 2 N–H and O–H groups in total. The van der Waals surface area contributed by atoms with Gasteiger partial charge >= 0.3 is 0 Å². The Morgan fingerprint density at radius 2 is 2.00 bits per heavy atom. The molecule has 0 aliphatic carbocycles. The van der Waals surface area contributed by atoms with Crippen LogP contribution in [0.1, 0.15) is 0 Å². The Labute approximate surface area is 73.5 Å². The zero-order valence-electron chi connectivity index (χ0n) is 5.98. The minimum absolute atomic E-state index is 0.0353. The number of hydrogen-bond acceptors (Lipinski definition) is 6. The summed E-state index contributed by atoms with van der Waals surface area (Å²) < 4.78 is 0. The van der Waals surface area contributed by atoms with Crippen LogP contribution in [0, 0.1) is 6.33 Å². The van der Waals surface area contributed by atoms with Gasteiger partial charge in [-0.2, -0.15) is 15.0 Å². The topological polar surface area (TPSA) is 82.4 Å². The summed E-state index contributed by atoms with van der Waals surface area (Å²) in [5, 5.41) is 17.3. The molecule has 7 heteroatoms. The van der Waals surface area contributed by atoms with Crippen LogP contribution in [0.3, 0.4) is 0 Å². The van der Waals surface area contributed by atoms with Crippen LogP contribution in [-0.4, -0.2) is 38.6 Å². The van der Waals surface area contributed by atoms with Crippen molar-refractivity contribution in [1.29, 1.82) is 0 Å². The maximum absolute atomic E-state index is 8.68. The molecule has 6 nitrogen and oxygen atoms in total. The summed E-state index contributed by atoms with van der Waals surface area (Å²) in [6.45, 7) is -0.796. The van der Waals surface area contributed by atoms with Gasteiger partial charge in [0.25, 0.3) is 0 Å². The van der Waals surface area contributed by atoms with Gasteiger partial charge in [0.1, 0.15) is 13.5 Å². The monoisotopic (exact) mass is 189 g/mol. The lowest BCUT2D eigenvalue weighted by molar-refractivity contribution is 0.220. The molecule has 1 aromatic rings. The standard InChI is InChI=1S/C5H6ClN4O2/c6-4-7-1-8-5(9-4)10(2-11)3-12/h11-12H,2-3H2. The molecule has 0 amide bonds. The molecule has 0 bridgehead atoms. The minimum Gasteiger partial charge on any atom is -0.376 e. The molecule has 1 heterocycles. The Morgan fingerprint density at radius 3 is 2.50 bits per heavy atom. The highest BCUT2D eigenvalue weighted by atomic mass is 35.5. The van der Waals surface area contributed by atoms with Crippen LogP contribution in [-0.2, 0) is 0 Å². The number of aliphatic hydroxyl groups is 2. The van der Waals surface area contributed by atoms with E-state index in [2.05, 4.69) is 21.3 Å². The van der Waals surface area contributed by atoms with E-state index in [-0.39, 0.29) is 11.2 Å². The smallest absolute Gasteiger partial charge is 0.234 e. The lowest BCUT2D eigenvalue weighted by atomic mass is 10.8. The first kappa shape index (κ1) is 9.11. The first-order chi connectivity index (χ1) is 5.77. The predicted octanol–water partition coefficient (Wildman–Crippen LogP) is -0.969. The highest BCUT2D eigenvalue weighted by molar-refractivity contribution is 6.28. The van der Waals surface area contributed by atoms with Crippen molar-refractivity contribution in [3.05, 3.63) is 11.6 Å². The van der Waals surface area contributed by atoms with Crippen LogP contribution in [0.2, 0.25) is 5.28 Å². The molecule has 1 radical (unpaired) electrons. The molecule has 0 saturated carbocycles. The van der Waals surface area contributed by atoms with Gasteiger partial charge in [0.05, 0.1) is 0 Å². The lowest BCUT2D eigenvalue weighted by Crippen LogP contribution is -2.27. The van der Waals surface area contributed by atoms with E-state index in [1.807, 2.05) is 0 Å². The number of nitrogens with zero attached hydrogens (tertiary/aromatic N) is 4. The fourth-order valence-corrected chi connectivity index (χ4v) is 0.670. The van der Waals surface area contributed by atoms with Gasteiger partial charge in [-0.1, -0.05) is 0 Å². The van der Waals surface area contributed by atoms with Crippen molar-refractivity contribution in [2.75, 3.05) is 18.4 Å². The second-order valence-corrected chi connectivity index (χ2v) is 2.17. The zero-order valence-corrected chi connectivity index (χ0v) is 6.73. The summed E-state index contributed by atoms with van der Waals surface area (Å²) in [5.41, 5.74) is 0. The Morgan fingerprint density at radius 1 is 1.33 bits per heavy atom. The SMILES string of the molecule is OCN(CO)c1n[c]nc(Cl)n1. The van der Waals surface area contributed by atoms with E-state index in [0.29, 0.717) is 0 Å². The first-order valence-corrected chi connectivity index (χ1v) is 3.40. The van der Waals surface area contributed by atoms with Crippen LogP contribution >= 0.6 is 11.6 Å². The summed E-state index contributed by atoms with van der Waals surface area (Å²) in [4.78, 5) is 11.7. The molecule has 65 valence electrons. The van der Waals surface area contributed by atoms with Gasteiger partial charge in [-0.15, -0.1) is 0 Å². The maximum atomic E-state index is 8.68. The number of halogens is 1. The van der Waals surface area contributed by atoms with Gasteiger partial charge in [0.15, 0.2) is 0 Å². The lowest BCUT2D eigenvalue weighted by Gasteiger charge is -2.14. The first-order valence-electron chi connectivity index (χ1n) is 3.02. The summed E-state index contributed by atoms with van der Waals surface area (Å²) in [7, 11) is 0. The Balaban J connectivity index is 2.85. The normalized spacial score (nSPS) is 9.92. The second kappa shape index (κ2) is 4.15. The van der Waals surface area contributed by atoms with Crippen molar-refractivity contribution >= 4 is 17.5 Å². The highest BCUT2D eigenvalue weighted by Gasteiger charge is 2.06. The number of anilines is 1. The molecule has 0 fully saturated rings. The molecule has 0 atom stereocenters. The van der Waals surface area contributed by atoms with E-state index in [1.54, 1.807) is 0 Å². The Kier molecular flexibility index (Phi) is 3.15. The fourth-order valence-electron chi connectivity index (χ4n) is 0.556. The van der Waals surface area contributed by atoms with Crippen LogP contribution < -0.4 is 4.90 Å². The van der Waals surface area contributed by atoms with Gasteiger partial charge in [0.2, 0.25) is 17.6 Å². The van der Waals surface area contributed by atoms with Gasteiger partial charge in [-0.25, -0.2) is 0 Å². The van der Waals surface area contributed by atoms with Crippen molar-refractivity contribution < 1.29 is 10.2 Å². The summed E-state index contributed by atoms with van der Waals surface area (Å²) in [6.07, 6.45) is 2.22. The van der Waals surface area contributed by atoms with E-state index in [0.717, 1.165) is 4.90 Å². The van der Waals surface area contributed by atoms with Crippen LogP contribution in [0.15, 0.2) is 0 Å². The van der Waals surface area contributed by atoms with Crippen molar-refractivity contribution in [3.63, 3.8) is 0 Å². The third-order valence-electron chi connectivity index (χ3n) is 1.11. The molecule has 1 rings (SSSR count). The quantitative estimate of drug-likeness (QED) is 0.596. The molecule has 0 aliphatic rings. The van der Waals surface area contributed by atoms with Crippen molar-refractivity contribution in [2.45, 2.75) is 0 Å². The average Bonchev–Trinajstić information content (AvgIpc) is 2.07. The molecule has 0 spiro atoms. The van der Waals surface area contributed by atoms with Gasteiger partial charge < -0.3 is 10.2 Å². The minimum atomic E-state index is -0.398. The van der Waals surface area contributed by atoms with E-state index in [9.17, 15) is 0 Å². The van der Waals surface area contributed by atoms with E-state index < -0.39 is 13.5 Å². The van der Waals surface area contributed by atoms with Gasteiger partial charge in [0, 0.05) is 0 Å². The number of hydrogen-bond donors (Lipinski definition) is 2. The number of rotatable bonds is 3. The molecule has 0 saturated heterocycles. The average molecular weight is 190 g/mol. The molecule has 1 aromatic heterocycles. The second-order valence-electron chi connectivity index (χ2n) is 1.83. The third kappa shape index (κ3) is 2.00. The largest absolute Gasteiger partial charge is 0.376 e. The number of aromatic nitrogens is 3. The summed E-state index contributed by atoms with van der Waals surface area (Å²) in [6, 6.07) is 0. The third-order valence-corrected chi connectivity index (χ3v) is 1.28. The Hall–Kier alpha value is -0.980. The highest BCUT2D eigenvalue weighted by Crippen LogP contribution is 2.06. The molecule has 0 aliphatic heterocycles. The zero-order chi connectivity index (χ0) is 8.97. The summed E-state index contributed by atoms with van der Waals surface area (Å²) in [5.74, 6) is 0.0833. The Bertz CT molecular complexity index is 255. The molecular formula is C5H6ClN4O2.